The Morgan fingerprint density at radius 1 is 1.11 bits per heavy atom. The van der Waals surface area contributed by atoms with Crippen LogP contribution in [0, 0.1) is 0 Å². The molecule has 0 aliphatic rings. The van der Waals surface area contributed by atoms with Gasteiger partial charge in [0.25, 0.3) is 0 Å². The number of halogens is 2. The van der Waals surface area contributed by atoms with Crippen LogP contribution in [0.25, 0.3) is 0 Å². The molecular formula is C6H15Cl2N. The van der Waals surface area contributed by atoms with Gasteiger partial charge in [-0.2, -0.15) is 0 Å². The van der Waals surface area contributed by atoms with E-state index in [1.54, 1.807) is 4.42 Å². The maximum absolute atomic E-state index is 5.48. The summed E-state index contributed by atoms with van der Waals surface area (Å²) >= 11 is 10.5. The first kappa shape index (κ1) is 12.2. The van der Waals surface area contributed by atoms with Crippen molar-refractivity contribution >= 4 is 23.4 Å². The van der Waals surface area contributed by atoms with E-state index in [9.17, 15) is 0 Å². The van der Waals surface area contributed by atoms with Crippen LogP contribution in [-0.4, -0.2) is 23.4 Å². The number of hydrogen-bond acceptors (Lipinski definition) is 1. The normalized spacial score (nSPS) is 8.67. The van der Waals surface area contributed by atoms with Gasteiger partial charge in [0.1, 0.15) is 0 Å². The maximum atomic E-state index is 5.48. The van der Waals surface area contributed by atoms with Crippen LogP contribution in [-0.2, 0) is 0 Å². The highest BCUT2D eigenvalue weighted by molar-refractivity contribution is 6.17. The molecule has 0 spiro atoms. The highest BCUT2D eigenvalue weighted by Gasteiger charge is 1.85. The summed E-state index contributed by atoms with van der Waals surface area (Å²) in [5.74, 6) is 0.722. The van der Waals surface area contributed by atoms with Crippen LogP contribution in [0.2, 0.25) is 0 Å². The molecule has 0 aromatic rings. The molecule has 0 aromatic heterocycles. The van der Waals surface area contributed by atoms with Crippen molar-refractivity contribution in [3.63, 3.8) is 0 Å². The summed E-state index contributed by atoms with van der Waals surface area (Å²) in [5, 5.41) is 0. The molecule has 0 aliphatic heterocycles. The third-order valence-corrected chi connectivity index (χ3v) is 1.16. The fourth-order valence-electron chi connectivity index (χ4n) is 0.224. The van der Waals surface area contributed by atoms with Crippen LogP contribution < -0.4 is 0 Å². The Kier molecular flexibility index (Phi) is 15.4. The second-order valence-corrected chi connectivity index (χ2v) is 2.37. The lowest BCUT2D eigenvalue weighted by Crippen LogP contribution is -2.08. The van der Waals surface area contributed by atoms with Crippen molar-refractivity contribution in [2.45, 2.75) is 20.8 Å². The molecule has 9 heavy (non-hydrogen) atoms. The predicted molar refractivity (Wildman–Crippen MR) is 45.2 cm³/mol. The van der Waals surface area contributed by atoms with Gasteiger partial charge in [-0.1, -0.05) is 20.8 Å². The molecule has 0 unspecified atom stereocenters. The minimum atomic E-state index is 0.722. The lowest BCUT2D eigenvalue weighted by molar-refractivity contribution is 0.507. The van der Waals surface area contributed by atoms with Gasteiger partial charge < -0.3 is 0 Å². The van der Waals surface area contributed by atoms with Gasteiger partial charge in [0.05, 0.1) is 0 Å². The molecule has 3 heteroatoms. The standard InChI is InChI=1S/C4H10ClN.C2H5Cl/c1-3-6(5)4-2;1-2-3/h3-4H2,1-2H3;2H2,1H3. The van der Waals surface area contributed by atoms with Crippen molar-refractivity contribution in [2.75, 3.05) is 19.0 Å². The van der Waals surface area contributed by atoms with E-state index in [4.69, 9.17) is 23.4 Å². The summed E-state index contributed by atoms with van der Waals surface area (Å²) < 4.78 is 1.72. The van der Waals surface area contributed by atoms with Gasteiger partial charge in [0, 0.05) is 19.0 Å². The minimum absolute atomic E-state index is 0.722. The molecular weight excluding hydrogens is 157 g/mol. The third-order valence-electron chi connectivity index (χ3n) is 0.686. The molecule has 0 fully saturated rings. The van der Waals surface area contributed by atoms with Crippen LogP contribution >= 0.6 is 23.4 Å². The molecule has 0 saturated carbocycles. The summed E-state index contributed by atoms with van der Waals surface area (Å²) in [6.07, 6.45) is 0. The highest BCUT2D eigenvalue weighted by Crippen LogP contribution is 1.87. The van der Waals surface area contributed by atoms with E-state index in [-0.39, 0.29) is 0 Å². The van der Waals surface area contributed by atoms with E-state index < -0.39 is 0 Å². The van der Waals surface area contributed by atoms with E-state index >= 15 is 0 Å². The zero-order valence-corrected chi connectivity index (χ0v) is 7.84. The second-order valence-electron chi connectivity index (χ2n) is 1.36. The fraction of sp³-hybridized carbons (Fsp3) is 1.00. The van der Waals surface area contributed by atoms with Gasteiger partial charge in [-0.3, -0.25) is 0 Å². The lowest BCUT2D eigenvalue weighted by atomic mass is 10.7. The molecule has 1 nitrogen and oxygen atoms in total. The Hall–Kier alpha value is 0.540. The Morgan fingerprint density at radius 2 is 1.33 bits per heavy atom. The SMILES string of the molecule is CCCl.CCN(Cl)CC. The van der Waals surface area contributed by atoms with Gasteiger partial charge in [-0.15, -0.1) is 11.6 Å². The lowest BCUT2D eigenvalue weighted by Gasteiger charge is -2.03. The maximum Gasteiger partial charge on any atom is 0.0195 e. The summed E-state index contributed by atoms with van der Waals surface area (Å²) in [4.78, 5) is 0. The zero-order valence-electron chi connectivity index (χ0n) is 6.32. The molecule has 58 valence electrons. The third kappa shape index (κ3) is 17.7. The van der Waals surface area contributed by atoms with E-state index in [2.05, 4.69) is 0 Å². The second kappa shape index (κ2) is 11.4. The molecule has 0 rings (SSSR count). The van der Waals surface area contributed by atoms with Crippen molar-refractivity contribution in [2.24, 2.45) is 0 Å². The molecule has 0 N–H and O–H groups in total. The summed E-state index contributed by atoms with van der Waals surface area (Å²) in [5.41, 5.74) is 0. The average molecular weight is 172 g/mol. The first-order valence-corrected chi connectivity index (χ1v) is 4.06. The highest BCUT2D eigenvalue weighted by atomic mass is 35.5. The van der Waals surface area contributed by atoms with Crippen molar-refractivity contribution < 1.29 is 0 Å². The monoisotopic (exact) mass is 171 g/mol. The Balaban J connectivity index is 0. The van der Waals surface area contributed by atoms with Crippen LogP contribution in [0.4, 0.5) is 0 Å². The summed E-state index contributed by atoms with van der Waals surface area (Å²) in [6, 6.07) is 0. The summed E-state index contributed by atoms with van der Waals surface area (Å²) in [7, 11) is 0. The van der Waals surface area contributed by atoms with Gasteiger partial charge >= 0.3 is 0 Å². The number of nitrogens with zero attached hydrogens (tertiary/aromatic N) is 1. The number of alkyl halides is 1. The molecule has 0 bridgehead atoms. The molecule has 0 aliphatic carbocycles. The van der Waals surface area contributed by atoms with Gasteiger partial charge in [0.15, 0.2) is 0 Å². The van der Waals surface area contributed by atoms with Crippen LogP contribution in [0.3, 0.4) is 0 Å². The minimum Gasteiger partial charge on any atom is -0.221 e. The van der Waals surface area contributed by atoms with Crippen LogP contribution in [0.15, 0.2) is 0 Å². The van der Waals surface area contributed by atoms with Crippen molar-refractivity contribution in [3.8, 4) is 0 Å². The molecule has 0 amide bonds. The fourth-order valence-corrected chi connectivity index (χ4v) is 0.224. The van der Waals surface area contributed by atoms with Gasteiger partial charge in [-0.05, 0) is 11.8 Å². The van der Waals surface area contributed by atoms with Gasteiger partial charge in [-0.25, -0.2) is 4.42 Å². The van der Waals surface area contributed by atoms with Crippen molar-refractivity contribution in [3.05, 3.63) is 0 Å². The largest absolute Gasteiger partial charge is 0.221 e. The number of hydrogen-bond donors (Lipinski definition) is 0. The molecule has 0 atom stereocenters. The Labute approximate surface area is 68.0 Å². The van der Waals surface area contributed by atoms with Gasteiger partial charge in [0.2, 0.25) is 0 Å². The summed E-state index contributed by atoms with van der Waals surface area (Å²) in [6.45, 7) is 7.80. The predicted octanol–water partition coefficient (Wildman–Crippen LogP) is 2.73. The van der Waals surface area contributed by atoms with Crippen LogP contribution in [0.1, 0.15) is 20.8 Å². The molecule has 0 saturated heterocycles. The van der Waals surface area contributed by atoms with E-state index in [1.165, 1.54) is 0 Å². The van der Waals surface area contributed by atoms with Crippen LogP contribution in [0.5, 0.6) is 0 Å². The van der Waals surface area contributed by atoms with E-state index in [0.29, 0.717) is 0 Å². The first-order valence-electron chi connectivity index (χ1n) is 3.19. The smallest absolute Gasteiger partial charge is 0.0195 e. The zero-order chi connectivity index (χ0) is 7.70. The molecule has 0 heterocycles. The molecule has 0 aromatic carbocycles. The van der Waals surface area contributed by atoms with E-state index in [1.807, 2.05) is 20.8 Å². The van der Waals surface area contributed by atoms with Crippen molar-refractivity contribution in [1.29, 1.82) is 0 Å². The average Bonchev–Trinajstić information content (AvgIpc) is 1.88. The quantitative estimate of drug-likeness (QED) is 0.457. The molecule has 0 radical (unpaired) electrons. The van der Waals surface area contributed by atoms with Crippen molar-refractivity contribution in [1.82, 2.24) is 4.42 Å². The topological polar surface area (TPSA) is 3.24 Å². The Bertz CT molecular complexity index is 38.0. The Morgan fingerprint density at radius 3 is 1.33 bits per heavy atom. The van der Waals surface area contributed by atoms with E-state index in [0.717, 1.165) is 19.0 Å². The number of rotatable bonds is 2. The first-order chi connectivity index (χ1) is 4.22.